The number of aryl methyl sites for hydroxylation is 2. The summed E-state index contributed by atoms with van der Waals surface area (Å²) in [6, 6.07) is 23.1. The van der Waals surface area contributed by atoms with Crippen molar-refractivity contribution in [1.29, 1.82) is 0 Å². The van der Waals surface area contributed by atoms with E-state index in [1.54, 1.807) is 101 Å². The number of hydrogen-bond donors (Lipinski definition) is 2. The Kier molecular flexibility index (Phi) is 11.2. The summed E-state index contributed by atoms with van der Waals surface area (Å²) in [5.74, 6) is -5.94. The number of methoxy groups -OCH3 is 2. The van der Waals surface area contributed by atoms with Gasteiger partial charge in [-0.25, -0.2) is 4.98 Å². The number of amides is 4. The second-order valence-electron chi connectivity index (χ2n) is 17.0. The highest BCUT2D eigenvalue weighted by atomic mass is 35.5. The van der Waals surface area contributed by atoms with Gasteiger partial charge >= 0.3 is 6.18 Å². The van der Waals surface area contributed by atoms with Gasteiger partial charge in [-0.15, -0.1) is 0 Å². The molecule has 11 nitrogen and oxygen atoms in total. The van der Waals surface area contributed by atoms with E-state index in [2.05, 4.69) is 10.4 Å². The molecule has 2 saturated heterocycles. The van der Waals surface area contributed by atoms with Gasteiger partial charge < -0.3 is 14.6 Å². The van der Waals surface area contributed by atoms with Gasteiger partial charge in [0.15, 0.2) is 5.82 Å². The summed E-state index contributed by atoms with van der Waals surface area (Å²) in [6.45, 7) is 3.43. The lowest BCUT2D eigenvalue weighted by atomic mass is 9.49. The molecule has 5 aromatic rings. The summed E-state index contributed by atoms with van der Waals surface area (Å²) >= 11 is 12.7. The molecule has 6 atom stereocenters. The Hall–Kier alpha value is -6.64. The SMILES string of the molecule is COc1ccc(OC)c(C=Cc2ccc(N3C(=O)C4CC=C5C(CC6C(=O)N(Nc7ncc(C(F)(F)F)cc7Cl)C(=O)C6(c6ccc(Cl)cc6)C5c5cc(C)c(O)c(C)c5)C4C3=O)cc2)c1. The van der Waals surface area contributed by atoms with Gasteiger partial charge in [0.05, 0.1) is 53.7 Å². The number of carbonyl (C=O) groups is 4. The first-order valence-electron chi connectivity index (χ1n) is 21.0. The predicted octanol–water partition coefficient (Wildman–Crippen LogP) is 10.1. The number of nitrogens with zero attached hydrogens (tertiary/aromatic N) is 3. The molecule has 16 heteroatoms. The molecule has 0 spiro atoms. The number of alkyl halides is 3. The van der Waals surface area contributed by atoms with Crippen molar-refractivity contribution in [3.8, 4) is 17.2 Å². The average Bonchev–Trinajstić information content (AvgIpc) is 3.68. The molecule has 338 valence electrons. The van der Waals surface area contributed by atoms with Crippen molar-refractivity contribution in [2.45, 2.75) is 44.2 Å². The van der Waals surface area contributed by atoms with Crippen LogP contribution in [0.3, 0.4) is 0 Å². The van der Waals surface area contributed by atoms with Crippen molar-refractivity contribution in [3.05, 3.63) is 152 Å². The van der Waals surface area contributed by atoms with Crippen molar-refractivity contribution in [1.82, 2.24) is 9.99 Å². The minimum atomic E-state index is -4.76. The zero-order chi connectivity index (χ0) is 47.0. The maximum Gasteiger partial charge on any atom is 0.417 e. The van der Waals surface area contributed by atoms with Gasteiger partial charge in [0.1, 0.15) is 17.2 Å². The summed E-state index contributed by atoms with van der Waals surface area (Å²) in [5.41, 5.74) is 4.35. The molecule has 66 heavy (non-hydrogen) atoms. The van der Waals surface area contributed by atoms with Gasteiger partial charge in [0, 0.05) is 22.7 Å². The number of nitrogens with one attached hydrogen (secondary N) is 1. The molecule has 2 aliphatic heterocycles. The van der Waals surface area contributed by atoms with Crippen molar-refractivity contribution >= 4 is 70.5 Å². The Morgan fingerprint density at radius 1 is 0.848 bits per heavy atom. The molecule has 0 radical (unpaired) electrons. The van der Waals surface area contributed by atoms with Crippen LogP contribution in [-0.2, 0) is 30.8 Å². The summed E-state index contributed by atoms with van der Waals surface area (Å²) in [4.78, 5) is 65.0. The Balaban J connectivity index is 1.13. The largest absolute Gasteiger partial charge is 0.507 e. The number of phenols is 1. The maximum absolute atomic E-state index is 15.5. The Labute approximate surface area is 387 Å². The second kappa shape index (κ2) is 16.7. The third-order valence-electron chi connectivity index (χ3n) is 13.4. The van der Waals surface area contributed by atoms with Crippen LogP contribution < -0.4 is 19.8 Å². The number of phenolic OH excluding ortho intramolecular Hbond substituents is 1. The number of ether oxygens (including phenoxy) is 2. The van der Waals surface area contributed by atoms with Gasteiger partial charge in [0.25, 0.3) is 11.8 Å². The molecular formula is C50H41Cl2F3N4O7. The minimum absolute atomic E-state index is 0.0368. The minimum Gasteiger partial charge on any atom is -0.507 e. The van der Waals surface area contributed by atoms with Crippen LogP contribution in [0.1, 0.15) is 57.7 Å². The number of aromatic hydroxyl groups is 1. The third kappa shape index (κ3) is 7.17. The lowest BCUT2D eigenvalue weighted by molar-refractivity contribution is -0.139. The van der Waals surface area contributed by atoms with E-state index in [9.17, 15) is 27.9 Å². The number of anilines is 2. The second-order valence-corrected chi connectivity index (χ2v) is 17.8. The molecule has 4 aromatic carbocycles. The molecule has 1 aromatic heterocycles. The van der Waals surface area contributed by atoms with Crippen LogP contribution in [0.4, 0.5) is 24.7 Å². The number of allylic oxidation sites excluding steroid dienone is 2. The fraction of sp³-hybridized carbons (Fsp3) is 0.260. The molecule has 0 bridgehead atoms. The number of hydrazine groups is 1. The third-order valence-corrected chi connectivity index (χ3v) is 14.0. The lowest BCUT2D eigenvalue weighted by Crippen LogP contribution is -2.53. The lowest BCUT2D eigenvalue weighted by Gasteiger charge is -2.50. The highest BCUT2D eigenvalue weighted by molar-refractivity contribution is 6.33. The molecule has 3 heterocycles. The van der Waals surface area contributed by atoms with E-state index < -0.39 is 75.4 Å². The number of imide groups is 2. The average molecular weight is 938 g/mol. The zero-order valence-electron chi connectivity index (χ0n) is 35.8. The van der Waals surface area contributed by atoms with Crippen LogP contribution in [0.2, 0.25) is 10.0 Å². The highest BCUT2D eigenvalue weighted by Crippen LogP contribution is 2.64. The van der Waals surface area contributed by atoms with E-state index >= 15 is 9.59 Å². The Morgan fingerprint density at radius 3 is 2.18 bits per heavy atom. The van der Waals surface area contributed by atoms with Crippen molar-refractivity contribution < 1.29 is 46.9 Å². The molecular weight excluding hydrogens is 896 g/mol. The summed E-state index contributed by atoms with van der Waals surface area (Å²) in [6.07, 6.45) is 1.52. The van der Waals surface area contributed by atoms with E-state index in [1.807, 2.05) is 24.3 Å². The van der Waals surface area contributed by atoms with Crippen molar-refractivity contribution in [2.75, 3.05) is 24.5 Å². The monoisotopic (exact) mass is 936 g/mol. The normalized spacial score (nSPS) is 23.8. The van der Waals surface area contributed by atoms with Crippen molar-refractivity contribution in [2.24, 2.45) is 23.7 Å². The molecule has 9 rings (SSSR count). The number of hydrogen-bond acceptors (Lipinski definition) is 9. The first-order chi connectivity index (χ1) is 31.5. The number of pyridine rings is 1. The summed E-state index contributed by atoms with van der Waals surface area (Å²) < 4.78 is 51.7. The molecule has 1 saturated carbocycles. The predicted molar refractivity (Wildman–Crippen MR) is 242 cm³/mol. The molecule has 3 fully saturated rings. The standard InChI is InChI=1S/C50H41Cl2F3N4O7/c1-25-19-29(20-26(2)43(25)60)42-35-16-17-36-41(47(63)58(45(36)61)33-13-6-27(7-14-33)5-8-28-21-34(65-3)15-18-40(28)66-4)37(35)23-38-46(62)59(48(64)49(38,42)30-9-11-32(51)12-10-30)57-44-39(52)22-31(24-56-44)50(53,54)55/h5-16,18-22,24,36-38,41-42,60H,17,23H2,1-4H3,(H,56,57). The first kappa shape index (κ1) is 44.6. The fourth-order valence-corrected chi connectivity index (χ4v) is 10.8. The van der Waals surface area contributed by atoms with Crippen molar-refractivity contribution in [3.63, 3.8) is 0 Å². The molecule has 6 unspecified atom stereocenters. The number of benzene rings is 4. The maximum atomic E-state index is 15.5. The van der Waals surface area contributed by atoms with E-state index in [0.717, 1.165) is 16.1 Å². The van der Waals surface area contributed by atoms with E-state index in [0.29, 0.717) is 62.3 Å². The Bertz CT molecular complexity index is 2880. The van der Waals surface area contributed by atoms with Crippen LogP contribution in [-0.4, -0.2) is 52.9 Å². The fourth-order valence-electron chi connectivity index (χ4n) is 10.5. The van der Waals surface area contributed by atoms with Gasteiger partial charge in [-0.2, -0.15) is 18.2 Å². The van der Waals surface area contributed by atoms with E-state index in [-0.39, 0.29) is 24.4 Å². The molecule has 4 aliphatic rings. The van der Waals surface area contributed by atoms with E-state index in [1.165, 1.54) is 4.90 Å². The molecule has 4 amide bonds. The van der Waals surface area contributed by atoms with Gasteiger partial charge in [-0.05, 0) is 109 Å². The van der Waals surface area contributed by atoms with Crippen LogP contribution in [0, 0.1) is 37.5 Å². The smallest absolute Gasteiger partial charge is 0.417 e. The molecule has 2 aliphatic carbocycles. The zero-order valence-corrected chi connectivity index (χ0v) is 37.3. The number of aromatic nitrogens is 1. The first-order valence-corrected chi connectivity index (χ1v) is 21.7. The number of halogens is 5. The van der Waals surface area contributed by atoms with Gasteiger partial charge in [0.2, 0.25) is 11.8 Å². The quantitative estimate of drug-likeness (QED) is 0.0840. The summed E-state index contributed by atoms with van der Waals surface area (Å²) in [5, 5.41) is 11.6. The number of fused-ring (bicyclic) bond motifs is 4. The topological polar surface area (TPSA) is 138 Å². The van der Waals surface area contributed by atoms with Crippen LogP contribution >= 0.6 is 23.2 Å². The number of carbonyl (C=O) groups excluding carboxylic acids is 4. The van der Waals surface area contributed by atoms with Gasteiger partial charge in [-0.1, -0.05) is 83.4 Å². The molecule has 2 N–H and O–H groups in total. The highest BCUT2D eigenvalue weighted by Gasteiger charge is 2.70. The van der Waals surface area contributed by atoms with Gasteiger partial charge in [-0.3, -0.25) is 29.5 Å². The van der Waals surface area contributed by atoms with Crippen LogP contribution in [0.25, 0.3) is 12.2 Å². The van der Waals surface area contributed by atoms with Crippen LogP contribution in [0.15, 0.2) is 103 Å². The number of rotatable bonds is 9. The van der Waals surface area contributed by atoms with Crippen LogP contribution in [0.5, 0.6) is 17.2 Å². The Morgan fingerprint density at radius 2 is 1.55 bits per heavy atom. The van der Waals surface area contributed by atoms with E-state index in [4.69, 9.17) is 32.7 Å². The summed E-state index contributed by atoms with van der Waals surface area (Å²) in [7, 11) is 3.15.